The number of ether oxygens (including phenoxy) is 1. The van der Waals surface area contributed by atoms with Gasteiger partial charge in [0.25, 0.3) is 0 Å². The predicted molar refractivity (Wildman–Crippen MR) is 83.1 cm³/mol. The van der Waals surface area contributed by atoms with Crippen molar-refractivity contribution in [2.75, 3.05) is 18.5 Å². The lowest BCUT2D eigenvalue weighted by atomic mass is 10.2. The van der Waals surface area contributed by atoms with Gasteiger partial charge < -0.3 is 10.1 Å². The van der Waals surface area contributed by atoms with Crippen LogP contribution in [0.25, 0.3) is 0 Å². The summed E-state index contributed by atoms with van der Waals surface area (Å²) >= 11 is 0. The molecule has 0 radical (unpaired) electrons. The van der Waals surface area contributed by atoms with E-state index in [1.165, 1.54) is 5.56 Å². The summed E-state index contributed by atoms with van der Waals surface area (Å²) in [6.45, 7) is 1.29. The van der Waals surface area contributed by atoms with Gasteiger partial charge in [-0.2, -0.15) is 0 Å². The Hall–Kier alpha value is -2.20. The highest BCUT2D eigenvalue weighted by Crippen LogP contribution is 2.04. The van der Waals surface area contributed by atoms with Gasteiger partial charge >= 0.3 is 0 Å². The minimum Gasteiger partial charge on any atom is -0.381 e. The van der Waals surface area contributed by atoms with E-state index < -0.39 is 0 Å². The van der Waals surface area contributed by atoms with E-state index in [0.717, 1.165) is 18.5 Å². The highest BCUT2D eigenvalue weighted by molar-refractivity contribution is 5.90. The molecule has 0 bridgehead atoms. The Kier molecular flexibility index (Phi) is 6.42. The first kappa shape index (κ1) is 15.2. The molecule has 4 nitrogen and oxygen atoms in total. The van der Waals surface area contributed by atoms with Crippen molar-refractivity contribution in [1.29, 1.82) is 0 Å². The number of nitrogens with zero attached hydrogens (tertiary/aromatic N) is 1. The van der Waals surface area contributed by atoms with Crippen molar-refractivity contribution >= 4 is 11.6 Å². The Bertz CT molecular complexity index is 529. The van der Waals surface area contributed by atoms with Crippen LogP contribution in [0.5, 0.6) is 0 Å². The van der Waals surface area contributed by atoms with Crippen LogP contribution in [0.2, 0.25) is 0 Å². The molecular formula is C17H20N2O2. The molecule has 0 saturated carbocycles. The van der Waals surface area contributed by atoms with E-state index in [-0.39, 0.29) is 5.91 Å². The smallest absolute Gasteiger partial charge is 0.224 e. The van der Waals surface area contributed by atoms with Gasteiger partial charge in [0, 0.05) is 19.2 Å². The summed E-state index contributed by atoms with van der Waals surface area (Å²) < 4.78 is 5.55. The molecule has 1 N–H and O–H groups in total. The molecule has 1 aromatic heterocycles. The summed E-state index contributed by atoms with van der Waals surface area (Å²) in [5.74, 6) is -0.00495. The van der Waals surface area contributed by atoms with Crippen LogP contribution in [-0.2, 0) is 16.0 Å². The molecule has 0 fully saturated rings. The Morgan fingerprint density at radius 1 is 1.10 bits per heavy atom. The second-order valence-electron chi connectivity index (χ2n) is 4.74. The first-order valence-electron chi connectivity index (χ1n) is 7.16. The standard InChI is InChI=1S/C17H20N2O2/c20-17(19-16-8-4-11-18-14-16)9-5-12-21-13-10-15-6-2-1-3-7-15/h1-4,6-8,11,14H,5,9-10,12-13H2,(H,19,20). The molecule has 0 aliphatic carbocycles. The van der Waals surface area contributed by atoms with E-state index in [1.807, 2.05) is 24.3 Å². The van der Waals surface area contributed by atoms with Gasteiger partial charge in [0.1, 0.15) is 0 Å². The molecule has 0 saturated heterocycles. The second kappa shape index (κ2) is 8.87. The monoisotopic (exact) mass is 284 g/mol. The number of carbonyl (C=O) groups excluding carboxylic acids is 1. The predicted octanol–water partition coefficient (Wildman–Crippen LogP) is 3.06. The lowest BCUT2D eigenvalue weighted by Crippen LogP contribution is -2.12. The molecular weight excluding hydrogens is 264 g/mol. The number of hydrogen-bond acceptors (Lipinski definition) is 3. The molecule has 0 spiro atoms. The number of anilines is 1. The lowest BCUT2D eigenvalue weighted by molar-refractivity contribution is -0.116. The Morgan fingerprint density at radius 3 is 2.71 bits per heavy atom. The summed E-state index contributed by atoms with van der Waals surface area (Å²) in [6, 6.07) is 13.8. The zero-order chi connectivity index (χ0) is 14.8. The van der Waals surface area contributed by atoms with Gasteiger partial charge in [0.2, 0.25) is 5.91 Å². The van der Waals surface area contributed by atoms with Crippen LogP contribution >= 0.6 is 0 Å². The van der Waals surface area contributed by atoms with Crippen LogP contribution in [-0.4, -0.2) is 24.1 Å². The van der Waals surface area contributed by atoms with Crippen LogP contribution in [0.1, 0.15) is 18.4 Å². The molecule has 110 valence electrons. The maximum absolute atomic E-state index is 11.7. The van der Waals surface area contributed by atoms with E-state index in [4.69, 9.17) is 4.74 Å². The van der Waals surface area contributed by atoms with Gasteiger partial charge in [-0.25, -0.2) is 0 Å². The minimum atomic E-state index is -0.00495. The maximum Gasteiger partial charge on any atom is 0.224 e. The number of carbonyl (C=O) groups is 1. The molecule has 0 aliphatic heterocycles. The SMILES string of the molecule is O=C(CCCOCCc1ccccc1)Nc1cccnc1. The summed E-state index contributed by atoms with van der Waals surface area (Å²) in [5, 5.41) is 2.80. The molecule has 2 aromatic rings. The normalized spacial score (nSPS) is 10.3. The van der Waals surface area contributed by atoms with Crippen molar-refractivity contribution in [2.24, 2.45) is 0 Å². The molecule has 1 amide bonds. The summed E-state index contributed by atoms with van der Waals surface area (Å²) in [4.78, 5) is 15.6. The zero-order valence-corrected chi connectivity index (χ0v) is 12.0. The third-order valence-corrected chi connectivity index (χ3v) is 3.02. The average Bonchev–Trinajstić information content (AvgIpc) is 2.53. The topological polar surface area (TPSA) is 51.2 Å². The summed E-state index contributed by atoms with van der Waals surface area (Å²) in [7, 11) is 0. The largest absolute Gasteiger partial charge is 0.381 e. The molecule has 1 aromatic carbocycles. The summed E-state index contributed by atoms with van der Waals surface area (Å²) in [5.41, 5.74) is 2.00. The highest BCUT2D eigenvalue weighted by Gasteiger charge is 2.02. The van der Waals surface area contributed by atoms with Crippen molar-refractivity contribution in [3.63, 3.8) is 0 Å². The van der Waals surface area contributed by atoms with Gasteiger partial charge in [-0.15, -0.1) is 0 Å². The third kappa shape index (κ3) is 6.19. The molecule has 4 heteroatoms. The fourth-order valence-electron chi connectivity index (χ4n) is 1.93. The molecule has 0 unspecified atom stereocenters. The van der Waals surface area contributed by atoms with E-state index in [0.29, 0.717) is 19.6 Å². The average molecular weight is 284 g/mol. The third-order valence-electron chi connectivity index (χ3n) is 3.02. The van der Waals surface area contributed by atoms with Crippen molar-refractivity contribution in [2.45, 2.75) is 19.3 Å². The van der Waals surface area contributed by atoms with Gasteiger partial charge in [-0.1, -0.05) is 30.3 Å². The van der Waals surface area contributed by atoms with E-state index >= 15 is 0 Å². The Labute approximate surface area is 125 Å². The van der Waals surface area contributed by atoms with Gasteiger partial charge in [0.15, 0.2) is 0 Å². The van der Waals surface area contributed by atoms with Gasteiger partial charge in [-0.05, 0) is 30.5 Å². The fourth-order valence-corrected chi connectivity index (χ4v) is 1.93. The Morgan fingerprint density at radius 2 is 1.95 bits per heavy atom. The molecule has 0 aliphatic rings. The molecule has 1 heterocycles. The molecule has 21 heavy (non-hydrogen) atoms. The number of amides is 1. The second-order valence-corrected chi connectivity index (χ2v) is 4.74. The first-order chi connectivity index (χ1) is 10.3. The molecule has 2 rings (SSSR count). The van der Waals surface area contributed by atoms with Crippen molar-refractivity contribution < 1.29 is 9.53 Å². The van der Waals surface area contributed by atoms with E-state index in [1.54, 1.807) is 18.5 Å². The van der Waals surface area contributed by atoms with Gasteiger partial charge in [0.05, 0.1) is 18.5 Å². The number of hydrogen-bond donors (Lipinski definition) is 1. The van der Waals surface area contributed by atoms with Crippen LogP contribution in [0.3, 0.4) is 0 Å². The Balaban J connectivity index is 1.52. The fraction of sp³-hybridized carbons (Fsp3) is 0.294. The minimum absolute atomic E-state index is 0.00495. The number of rotatable bonds is 8. The lowest BCUT2D eigenvalue weighted by Gasteiger charge is -2.06. The number of nitrogens with one attached hydrogen (secondary N) is 1. The van der Waals surface area contributed by atoms with Gasteiger partial charge in [-0.3, -0.25) is 9.78 Å². The van der Waals surface area contributed by atoms with Crippen LogP contribution < -0.4 is 5.32 Å². The van der Waals surface area contributed by atoms with Crippen LogP contribution in [0.15, 0.2) is 54.9 Å². The van der Waals surface area contributed by atoms with Crippen molar-refractivity contribution in [3.8, 4) is 0 Å². The first-order valence-corrected chi connectivity index (χ1v) is 7.16. The quantitative estimate of drug-likeness (QED) is 0.758. The number of benzene rings is 1. The number of aromatic nitrogens is 1. The van der Waals surface area contributed by atoms with E-state index in [2.05, 4.69) is 22.4 Å². The highest BCUT2D eigenvalue weighted by atomic mass is 16.5. The zero-order valence-electron chi connectivity index (χ0n) is 12.0. The maximum atomic E-state index is 11.7. The van der Waals surface area contributed by atoms with Crippen LogP contribution in [0.4, 0.5) is 5.69 Å². The number of pyridine rings is 1. The van der Waals surface area contributed by atoms with Crippen molar-refractivity contribution in [1.82, 2.24) is 4.98 Å². The van der Waals surface area contributed by atoms with E-state index in [9.17, 15) is 4.79 Å². The molecule has 0 atom stereocenters. The summed E-state index contributed by atoms with van der Waals surface area (Å²) in [6.07, 6.45) is 5.40. The van der Waals surface area contributed by atoms with Crippen molar-refractivity contribution in [3.05, 3.63) is 60.4 Å². The van der Waals surface area contributed by atoms with Crippen LogP contribution in [0, 0.1) is 0 Å².